The Kier molecular flexibility index (Phi) is 3.95. The number of pyridine rings is 1. The first-order chi connectivity index (χ1) is 13.8. The van der Waals surface area contributed by atoms with Gasteiger partial charge in [0.05, 0.1) is 11.2 Å². The van der Waals surface area contributed by atoms with E-state index in [2.05, 4.69) is 33.2 Å². The highest BCUT2D eigenvalue weighted by atomic mass is 16.2. The van der Waals surface area contributed by atoms with Crippen LogP contribution in [0.5, 0.6) is 0 Å². The normalized spacial score (nSPS) is 21.1. The molecule has 2 aliphatic rings. The summed E-state index contributed by atoms with van der Waals surface area (Å²) < 4.78 is 2.13. The smallest absolute Gasteiger partial charge is 0.317 e. The number of nitrogens with zero attached hydrogens (tertiary/aromatic N) is 4. The number of urea groups is 1. The summed E-state index contributed by atoms with van der Waals surface area (Å²) in [5, 5.41) is 9.09. The molecular formula is C23H27N5O. The zero-order valence-corrected chi connectivity index (χ0v) is 17.3. The Labute approximate surface area is 170 Å². The molecule has 4 heterocycles. The first-order valence-corrected chi connectivity index (χ1v) is 10.3. The highest BCUT2D eigenvalue weighted by Gasteiger charge is 2.47. The van der Waals surface area contributed by atoms with Crippen molar-refractivity contribution >= 4 is 16.9 Å². The topological polar surface area (TPSA) is 63.1 Å². The van der Waals surface area contributed by atoms with Crippen LogP contribution < -0.4 is 5.32 Å². The lowest BCUT2D eigenvalue weighted by Crippen LogP contribution is -2.48. The van der Waals surface area contributed by atoms with Gasteiger partial charge in [-0.25, -0.2) is 4.79 Å². The molecule has 5 rings (SSSR count). The van der Waals surface area contributed by atoms with Crippen LogP contribution in [0.1, 0.15) is 39.3 Å². The molecule has 1 fully saturated rings. The summed E-state index contributed by atoms with van der Waals surface area (Å²) in [5.74, 6) is 0. The van der Waals surface area contributed by atoms with Crippen LogP contribution in [0.2, 0.25) is 0 Å². The van der Waals surface area contributed by atoms with E-state index in [4.69, 9.17) is 5.10 Å². The fourth-order valence-electron chi connectivity index (χ4n) is 4.67. The second-order valence-corrected chi connectivity index (χ2v) is 9.44. The third-order valence-corrected chi connectivity index (χ3v) is 6.13. The number of likely N-dealkylation sites (tertiary alicyclic amines) is 1. The van der Waals surface area contributed by atoms with Gasteiger partial charge in [0, 0.05) is 53.4 Å². The van der Waals surface area contributed by atoms with Crippen molar-refractivity contribution in [3.8, 4) is 11.3 Å². The standard InChI is InChI=1S/C23H27N5O/c1-22(2,3)25-21(29)27-10-8-23(15-27)9-11-28-20(23)13-19(26-28)17-12-16-6-4-5-7-18(16)24-14-17/h4-7,12-14H,8-11,15H2,1-3H3,(H,25,29). The summed E-state index contributed by atoms with van der Waals surface area (Å²) in [6.07, 6.45) is 3.95. The van der Waals surface area contributed by atoms with Gasteiger partial charge in [-0.05, 0) is 51.8 Å². The van der Waals surface area contributed by atoms with E-state index in [9.17, 15) is 4.79 Å². The highest BCUT2D eigenvalue weighted by Crippen LogP contribution is 2.43. The van der Waals surface area contributed by atoms with Crippen LogP contribution in [-0.2, 0) is 12.0 Å². The van der Waals surface area contributed by atoms with Crippen LogP contribution in [0.3, 0.4) is 0 Å². The van der Waals surface area contributed by atoms with Gasteiger partial charge in [0.15, 0.2) is 0 Å². The molecule has 0 radical (unpaired) electrons. The maximum atomic E-state index is 12.6. The van der Waals surface area contributed by atoms with Gasteiger partial charge in [-0.2, -0.15) is 5.10 Å². The Morgan fingerprint density at radius 1 is 1.14 bits per heavy atom. The molecule has 0 bridgehead atoms. The molecule has 6 heteroatoms. The Morgan fingerprint density at radius 3 is 2.76 bits per heavy atom. The third-order valence-electron chi connectivity index (χ3n) is 6.13. The first kappa shape index (κ1) is 18.2. The molecule has 0 saturated carbocycles. The van der Waals surface area contributed by atoms with Crippen molar-refractivity contribution < 1.29 is 4.79 Å². The predicted octanol–water partition coefficient (Wildman–Crippen LogP) is 3.95. The number of nitrogens with one attached hydrogen (secondary N) is 1. The number of hydrogen-bond acceptors (Lipinski definition) is 3. The average Bonchev–Trinajstić information content (AvgIpc) is 3.37. The van der Waals surface area contributed by atoms with Gasteiger partial charge in [-0.1, -0.05) is 18.2 Å². The molecule has 3 aromatic rings. The molecule has 1 unspecified atom stereocenters. The molecule has 2 aliphatic heterocycles. The lowest BCUT2D eigenvalue weighted by molar-refractivity contribution is 0.196. The van der Waals surface area contributed by atoms with Crippen molar-refractivity contribution in [2.24, 2.45) is 0 Å². The van der Waals surface area contributed by atoms with Gasteiger partial charge in [-0.3, -0.25) is 9.67 Å². The summed E-state index contributed by atoms with van der Waals surface area (Å²) in [4.78, 5) is 19.2. The molecule has 6 nitrogen and oxygen atoms in total. The maximum Gasteiger partial charge on any atom is 0.317 e. The second-order valence-electron chi connectivity index (χ2n) is 9.44. The zero-order chi connectivity index (χ0) is 20.2. The van der Waals surface area contributed by atoms with Crippen molar-refractivity contribution in [3.05, 3.63) is 48.3 Å². The number of aromatic nitrogens is 3. The lowest BCUT2D eigenvalue weighted by atomic mass is 9.82. The zero-order valence-electron chi connectivity index (χ0n) is 17.3. The van der Waals surface area contributed by atoms with Gasteiger partial charge in [0.25, 0.3) is 0 Å². The minimum Gasteiger partial charge on any atom is -0.333 e. The monoisotopic (exact) mass is 389 g/mol. The van der Waals surface area contributed by atoms with Gasteiger partial charge in [0.2, 0.25) is 0 Å². The third kappa shape index (κ3) is 3.16. The van der Waals surface area contributed by atoms with Gasteiger partial charge < -0.3 is 10.2 Å². The summed E-state index contributed by atoms with van der Waals surface area (Å²) in [5.41, 5.74) is 4.06. The molecule has 2 amide bonds. The number of hydrogen-bond donors (Lipinski definition) is 1. The quantitative estimate of drug-likeness (QED) is 0.685. The highest BCUT2D eigenvalue weighted by molar-refractivity contribution is 5.82. The van der Waals surface area contributed by atoms with Crippen molar-refractivity contribution in [1.29, 1.82) is 0 Å². The number of benzene rings is 1. The minimum atomic E-state index is -0.222. The number of carbonyl (C=O) groups is 1. The van der Waals surface area contributed by atoms with Crippen LogP contribution in [-0.4, -0.2) is 44.3 Å². The Balaban J connectivity index is 1.42. The van der Waals surface area contributed by atoms with Crippen molar-refractivity contribution in [1.82, 2.24) is 25.0 Å². The van der Waals surface area contributed by atoms with Crippen molar-refractivity contribution in [3.63, 3.8) is 0 Å². The van der Waals surface area contributed by atoms with E-state index in [0.29, 0.717) is 0 Å². The van der Waals surface area contributed by atoms with Crippen molar-refractivity contribution in [2.45, 2.75) is 51.1 Å². The molecule has 29 heavy (non-hydrogen) atoms. The van der Waals surface area contributed by atoms with Crippen LogP contribution in [0, 0.1) is 0 Å². The van der Waals surface area contributed by atoms with E-state index in [-0.39, 0.29) is 17.0 Å². The fraction of sp³-hybridized carbons (Fsp3) is 0.435. The molecule has 1 atom stereocenters. The van der Waals surface area contributed by atoms with E-state index in [0.717, 1.165) is 54.6 Å². The fourth-order valence-corrected chi connectivity index (χ4v) is 4.67. The lowest BCUT2D eigenvalue weighted by Gasteiger charge is -2.27. The Morgan fingerprint density at radius 2 is 1.93 bits per heavy atom. The van der Waals surface area contributed by atoms with E-state index in [1.165, 1.54) is 5.69 Å². The van der Waals surface area contributed by atoms with Crippen LogP contribution in [0.25, 0.3) is 22.2 Å². The largest absolute Gasteiger partial charge is 0.333 e. The molecule has 0 aliphatic carbocycles. The second kappa shape index (κ2) is 6.31. The molecule has 1 aromatic carbocycles. The van der Waals surface area contributed by atoms with Crippen molar-refractivity contribution in [2.75, 3.05) is 13.1 Å². The van der Waals surface area contributed by atoms with Crippen LogP contribution in [0.4, 0.5) is 4.79 Å². The predicted molar refractivity (Wildman–Crippen MR) is 114 cm³/mol. The minimum absolute atomic E-state index is 0.0186. The maximum absolute atomic E-state index is 12.6. The van der Waals surface area contributed by atoms with E-state index in [1.807, 2.05) is 50.1 Å². The van der Waals surface area contributed by atoms with E-state index in [1.54, 1.807) is 0 Å². The van der Waals surface area contributed by atoms with Crippen LogP contribution >= 0.6 is 0 Å². The number of para-hydroxylation sites is 1. The summed E-state index contributed by atoms with van der Waals surface area (Å²) in [7, 11) is 0. The summed E-state index contributed by atoms with van der Waals surface area (Å²) >= 11 is 0. The van der Waals surface area contributed by atoms with Crippen LogP contribution in [0.15, 0.2) is 42.6 Å². The number of amides is 2. The Hall–Kier alpha value is -2.89. The first-order valence-electron chi connectivity index (χ1n) is 10.3. The van der Waals surface area contributed by atoms with E-state index >= 15 is 0 Å². The molecule has 1 N–H and O–H groups in total. The van der Waals surface area contributed by atoms with Gasteiger partial charge in [-0.15, -0.1) is 0 Å². The average molecular weight is 390 g/mol. The summed E-state index contributed by atoms with van der Waals surface area (Å²) in [6.45, 7) is 8.52. The number of rotatable bonds is 1. The molecule has 1 saturated heterocycles. The van der Waals surface area contributed by atoms with Gasteiger partial charge >= 0.3 is 6.03 Å². The molecule has 1 spiro atoms. The number of aryl methyl sites for hydroxylation is 1. The van der Waals surface area contributed by atoms with Gasteiger partial charge in [0.1, 0.15) is 0 Å². The molecule has 2 aromatic heterocycles. The Bertz CT molecular complexity index is 1100. The number of fused-ring (bicyclic) bond motifs is 3. The number of carbonyl (C=O) groups excluding carboxylic acids is 1. The molecular weight excluding hydrogens is 362 g/mol. The SMILES string of the molecule is CC(C)(C)NC(=O)N1CCC2(CCn3nc(-c4cnc5ccccc5c4)cc32)C1. The summed E-state index contributed by atoms with van der Waals surface area (Å²) in [6, 6.07) is 12.6. The molecule has 150 valence electrons. The van der Waals surface area contributed by atoms with E-state index < -0.39 is 0 Å².